The molecular weight excluding hydrogens is 238 g/mol. The van der Waals surface area contributed by atoms with Gasteiger partial charge >= 0.3 is 0 Å². The predicted octanol–water partition coefficient (Wildman–Crippen LogP) is 2.98. The fraction of sp³-hybridized carbons (Fsp3) is 0.333. The van der Waals surface area contributed by atoms with Crippen LogP contribution in [0.15, 0.2) is 28.7 Å². The van der Waals surface area contributed by atoms with E-state index in [1.54, 1.807) is 0 Å². The molecule has 0 amide bonds. The van der Waals surface area contributed by atoms with E-state index in [2.05, 4.69) is 47.1 Å². The van der Waals surface area contributed by atoms with Crippen molar-refractivity contribution in [2.75, 3.05) is 6.54 Å². The van der Waals surface area contributed by atoms with E-state index in [-0.39, 0.29) is 0 Å². The summed E-state index contributed by atoms with van der Waals surface area (Å²) in [6.45, 7) is 2.91. The molecule has 0 aliphatic heterocycles. The summed E-state index contributed by atoms with van der Waals surface area (Å²) in [6.07, 6.45) is 3.35. The van der Waals surface area contributed by atoms with Crippen molar-refractivity contribution in [2.45, 2.75) is 13.3 Å². The number of allylic oxidation sites excluding steroid dienone is 1. The van der Waals surface area contributed by atoms with E-state index in [1.807, 2.05) is 0 Å². The van der Waals surface area contributed by atoms with Crippen molar-refractivity contribution >= 4 is 21.5 Å². The zero-order valence-corrected chi connectivity index (χ0v) is 9.84. The van der Waals surface area contributed by atoms with Gasteiger partial charge in [0.05, 0.1) is 0 Å². The number of halogens is 1. The number of rotatable bonds is 2. The zero-order valence-electron chi connectivity index (χ0n) is 8.26. The third kappa shape index (κ3) is 1.64. The molecule has 0 aromatic heterocycles. The van der Waals surface area contributed by atoms with Gasteiger partial charge in [0, 0.05) is 4.47 Å². The van der Waals surface area contributed by atoms with Crippen LogP contribution in [0.4, 0.5) is 0 Å². The Labute approximate surface area is 93.1 Å². The molecule has 1 aromatic carbocycles. The molecule has 0 radical (unpaired) electrons. The van der Waals surface area contributed by atoms with E-state index in [0.717, 1.165) is 17.4 Å². The predicted molar refractivity (Wildman–Crippen MR) is 64.0 cm³/mol. The van der Waals surface area contributed by atoms with Gasteiger partial charge in [-0.05, 0) is 47.7 Å². The smallest absolute Gasteiger partial charge is 0.0178 e. The van der Waals surface area contributed by atoms with Crippen LogP contribution < -0.4 is 5.73 Å². The van der Waals surface area contributed by atoms with Crippen molar-refractivity contribution < 1.29 is 0 Å². The van der Waals surface area contributed by atoms with Crippen molar-refractivity contribution in [1.82, 2.24) is 0 Å². The third-order valence-electron chi connectivity index (χ3n) is 2.80. The molecule has 1 aliphatic rings. The Morgan fingerprint density at radius 2 is 2.29 bits per heavy atom. The first kappa shape index (κ1) is 9.94. The lowest BCUT2D eigenvalue weighted by Gasteiger charge is -2.12. The highest BCUT2D eigenvalue weighted by Crippen LogP contribution is 2.33. The summed E-state index contributed by atoms with van der Waals surface area (Å²) in [7, 11) is 0. The van der Waals surface area contributed by atoms with Crippen LogP contribution >= 0.6 is 15.9 Å². The van der Waals surface area contributed by atoms with Gasteiger partial charge in [-0.1, -0.05) is 35.0 Å². The quantitative estimate of drug-likeness (QED) is 0.860. The molecule has 2 heteroatoms. The van der Waals surface area contributed by atoms with Crippen molar-refractivity contribution in [3.05, 3.63) is 39.9 Å². The van der Waals surface area contributed by atoms with Crippen LogP contribution in [0.5, 0.6) is 0 Å². The van der Waals surface area contributed by atoms with Crippen molar-refractivity contribution in [2.24, 2.45) is 11.7 Å². The maximum absolute atomic E-state index is 5.69. The molecule has 14 heavy (non-hydrogen) atoms. The van der Waals surface area contributed by atoms with Crippen LogP contribution in [0.25, 0.3) is 5.57 Å². The molecule has 0 fully saturated rings. The first-order valence-corrected chi connectivity index (χ1v) is 5.70. The number of hydrogen-bond acceptors (Lipinski definition) is 1. The Kier molecular flexibility index (Phi) is 2.75. The maximum atomic E-state index is 5.69. The van der Waals surface area contributed by atoms with E-state index in [1.165, 1.54) is 16.7 Å². The summed E-state index contributed by atoms with van der Waals surface area (Å²) in [6, 6.07) is 6.48. The number of hydrogen-bond donors (Lipinski definition) is 1. The SMILES string of the molecule is CC(CN)C1=CCc2cc(Br)ccc21. The molecule has 0 heterocycles. The summed E-state index contributed by atoms with van der Waals surface area (Å²) in [5.74, 6) is 0.470. The van der Waals surface area contributed by atoms with Crippen LogP contribution in [0.2, 0.25) is 0 Å². The van der Waals surface area contributed by atoms with E-state index in [0.29, 0.717) is 5.92 Å². The largest absolute Gasteiger partial charge is 0.330 e. The minimum absolute atomic E-state index is 0.470. The van der Waals surface area contributed by atoms with Crippen molar-refractivity contribution in [3.8, 4) is 0 Å². The number of nitrogens with two attached hydrogens (primary N) is 1. The van der Waals surface area contributed by atoms with Gasteiger partial charge in [-0.15, -0.1) is 0 Å². The fourth-order valence-electron chi connectivity index (χ4n) is 1.94. The summed E-state index contributed by atoms with van der Waals surface area (Å²) in [5, 5.41) is 0. The van der Waals surface area contributed by atoms with E-state index >= 15 is 0 Å². The highest BCUT2D eigenvalue weighted by Gasteiger charge is 2.17. The van der Waals surface area contributed by atoms with Gasteiger partial charge in [0.2, 0.25) is 0 Å². The third-order valence-corrected chi connectivity index (χ3v) is 3.30. The molecule has 2 N–H and O–H groups in total. The van der Waals surface area contributed by atoms with Gasteiger partial charge in [0.25, 0.3) is 0 Å². The lowest BCUT2D eigenvalue weighted by atomic mass is 9.96. The minimum Gasteiger partial charge on any atom is -0.330 e. The van der Waals surface area contributed by atoms with Gasteiger partial charge < -0.3 is 5.73 Å². The molecule has 0 saturated carbocycles. The molecule has 1 aromatic rings. The average molecular weight is 252 g/mol. The Hall–Kier alpha value is -0.600. The molecule has 1 aliphatic carbocycles. The van der Waals surface area contributed by atoms with Crippen molar-refractivity contribution in [1.29, 1.82) is 0 Å². The lowest BCUT2D eigenvalue weighted by molar-refractivity contribution is 0.761. The molecule has 2 rings (SSSR count). The molecule has 0 bridgehead atoms. The Bertz CT molecular complexity index is 382. The van der Waals surface area contributed by atoms with Gasteiger partial charge in [-0.25, -0.2) is 0 Å². The standard InChI is InChI=1S/C12H14BrN/c1-8(7-14)11-4-2-9-6-10(13)3-5-12(9)11/h3-6,8H,2,7,14H2,1H3. The average Bonchev–Trinajstić information content (AvgIpc) is 2.59. The second-order valence-electron chi connectivity index (χ2n) is 3.80. The number of fused-ring (bicyclic) bond motifs is 1. The molecule has 74 valence electrons. The lowest BCUT2D eigenvalue weighted by Crippen LogP contribution is -2.11. The molecule has 0 saturated heterocycles. The molecular formula is C12H14BrN. The second-order valence-corrected chi connectivity index (χ2v) is 4.72. The topological polar surface area (TPSA) is 26.0 Å². The fourth-order valence-corrected chi connectivity index (χ4v) is 2.34. The van der Waals surface area contributed by atoms with E-state index in [4.69, 9.17) is 5.73 Å². The summed E-state index contributed by atoms with van der Waals surface area (Å²) >= 11 is 3.49. The number of benzene rings is 1. The minimum atomic E-state index is 0.470. The van der Waals surface area contributed by atoms with Gasteiger partial charge in [0.1, 0.15) is 0 Å². The highest BCUT2D eigenvalue weighted by molar-refractivity contribution is 9.10. The van der Waals surface area contributed by atoms with Crippen LogP contribution in [0, 0.1) is 5.92 Å². The summed E-state index contributed by atoms with van der Waals surface area (Å²) in [5.41, 5.74) is 9.89. The highest BCUT2D eigenvalue weighted by atomic mass is 79.9. The normalized spacial score (nSPS) is 16.4. The first-order valence-electron chi connectivity index (χ1n) is 4.91. The van der Waals surface area contributed by atoms with Crippen molar-refractivity contribution in [3.63, 3.8) is 0 Å². The molecule has 0 spiro atoms. The van der Waals surface area contributed by atoms with Gasteiger partial charge in [0.15, 0.2) is 0 Å². The maximum Gasteiger partial charge on any atom is 0.0178 e. The molecule has 1 nitrogen and oxygen atoms in total. The Balaban J connectivity index is 2.37. The molecule has 1 atom stereocenters. The van der Waals surface area contributed by atoms with E-state index < -0.39 is 0 Å². The monoisotopic (exact) mass is 251 g/mol. The summed E-state index contributed by atoms with van der Waals surface area (Å²) < 4.78 is 1.16. The first-order chi connectivity index (χ1) is 6.72. The Morgan fingerprint density at radius 3 is 3.00 bits per heavy atom. The zero-order chi connectivity index (χ0) is 10.1. The van der Waals surface area contributed by atoms with Crippen LogP contribution in [-0.4, -0.2) is 6.54 Å². The van der Waals surface area contributed by atoms with Crippen LogP contribution in [-0.2, 0) is 6.42 Å². The van der Waals surface area contributed by atoms with Crippen LogP contribution in [0.3, 0.4) is 0 Å². The molecule has 1 unspecified atom stereocenters. The Morgan fingerprint density at radius 1 is 1.50 bits per heavy atom. The second kappa shape index (κ2) is 3.87. The van der Waals surface area contributed by atoms with E-state index in [9.17, 15) is 0 Å². The van der Waals surface area contributed by atoms with Crippen LogP contribution in [0.1, 0.15) is 18.1 Å². The summed E-state index contributed by atoms with van der Waals surface area (Å²) in [4.78, 5) is 0. The van der Waals surface area contributed by atoms with Gasteiger partial charge in [-0.2, -0.15) is 0 Å². The van der Waals surface area contributed by atoms with Gasteiger partial charge in [-0.3, -0.25) is 0 Å².